The number of phenolic OH excluding ortho intramolecular Hbond substituents is 2. The van der Waals surface area contributed by atoms with Crippen LogP contribution in [0.1, 0.15) is 5.56 Å². The Kier molecular flexibility index (Phi) is 20.3. The molecule has 2 N–H and O–H groups in total. The number of hydrogen-bond donors (Lipinski definition) is 2. The Morgan fingerprint density at radius 2 is 0.893 bits per heavy atom. The summed E-state index contributed by atoms with van der Waals surface area (Å²) in [6.45, 7) is 1.89. The predicted molar refractivity (Wildman–Crippen MR) is 249 cm³/mol. The summed E-state index contributed by atoms with van der Waals surface area (Å²) < 4.78 is 67.5. The van der Waals surface area contributed by atoms with Gasteiger partial charge in [0.1, 0.15) is 40.5 Å². The van der Waals surface area contributed by atoms with Gasteiger partial charge < -0.3 is 14.9 Å². The molecule has 0 aliphatic carbocycles. The van der Waals surface area contributed by atoms with Gasteiger partial charge in [-0.2, -0.15) is 0 Å². The van der Waals surface area contributed by atoms with Crippen molar-refractivity contribution in [3.8, 4) is 61.8 Å². The van der Waals surface area contributed by atoms with Crippen LogP contribution in [-0.2, 0) is 0 Å². The summed E-state index contributed by atoms with van der Waals surface area (Å²) in [5.41, 5.74) is 2.14. The van der Waals surface area contributed by atoms with Gasteiger partial charge in [0.25, 0.3) is 0 Å². The summed E-state index contributed by atoms with van der Waals surface area (Å²) in [4.78, 5) is 0. The van der Waals surface area contributed by atoms with E-state index in [9.17, 15) is 19.0 Å². The molecular weight excluding hydrogens is 1230 g/mol. The van der Waals surface area contributed by atoms with E-state index in [1.54, 1.807) is 30.3 Å². The molecule has 0 unspecified atom stereocenters. The molecule has 0 atom stereocenters. The summed E-state index contributed by atoms with van der Waals surface area (Å²) in [6.07, 6.45) is 0. The maximum atomic E-state index is 15.3. The highest BCUT2D eigenvalue weighted by molar-refractivity contribution is 9.69. The summed E-state index contributed by atoms with van der Waals surface area (Å²) in [7, 11) is 1.48. The van der Waals surface area contributed by atoms with Crippen molar-refractivity contribution >= 4 is 137 Å². The van der Waals surface area contributed by atoms with Gasteiger partial charge in [-0.05, 0) is 109 Å². The molecule has 0 amide bonds. The number of hydrogen-bond acceptors (Lipinski definition) is 3. The number of aryl methyl sites for hydroxylation is 1. The molecule has 6 aromatic rings. The van der Waals surface area contributed by atoms with Crippen LogP contribution in [0, 0.1) is 30.2 Å². The maximum Gasteiger partial charge on any atom is 0.369 e. The van der Waals surface area contributed by atoms with Crippen molar-refractivity contribution < 1.29 is 32.5 Å². The van der Waals surface area contributed by atoms with Crippen molar-refractivity contribution in [2.75, 3.05) is 12.4 Å². The minimum Gasteiger partial charge on any atom is -0.507 e. The molecule has 3 nitrogen and oxygen atoms in total. The van der Waals surface area contributed by atoms with E-state index in [2.05, 4.69) is 111 Å². The van der Waals surface area contributed by atoms with Gasteiger partial charge in [0.2, 0.25) is 0 Å². The molecule has 0 saturated carbocycles. The number of halogens is 13. The second kappa shape index (κ2) is 23.3. The zero-order valence-electron chi connectivity index (χ0n) is 28.7. The Bertz CT molecular complexity index is 2300. The predicted octanol–water partition coefficient (Wildman–Crippen LogP) is 17.0. The number of aromatic hydroxyl groups is 2. The Morgan fingerprint density at radius 1 is 0.536 bits per heavy atom. The topological polar surface area (TPSA) is 49.7 Å². The first-order chi connectivity index (χ1) is 26.4. The van der Waals surface area contributed by atoms with E-state index in [0.717, 1.165) is 16.1 Å². The molecule has 0 heterocycles. The minimum atomic E-state index is -0.864. The lowest BCUT2D eigenvalue weighted by Crippen LogP contribution is -1.97. The second-order valence-electron chi connectivity index (χ2n) is 11.0. The van der Waals surface area contributed by atoms with Crippen LogP contribution in [0.4, 0.5) is 17.6 Å². The standard InChI is InChI=1S/C20H14Br2F2O.C18H10Br2F2O2.CH2Cl2.BBr3/c1-11-3-4-12(21)9-15(11)14-6-7-17(23)19(20(14)24)16-10-13(22)5-8-18(16)25-2;19-9-1-5-15(23)12(7-9)11-3-4-14(21)17(18(11)22)13-8-10(20)2-6-16(13)24;2-1-3;2-1(3)4/h3-10H,1-2H3;1-8,23-24H;1H2;. The first-order valence-corrected chi connectivity index (χ1v) is 22.5. The second-order valence-corrected chi connectivity index (χ2v) is 21.9. The molecule has 0 saturated heterocycles. The van der Waals surface area contributed by atoms with Gasteiger partial charge >= 0.3 is 3.18 Å². The van der Waals surface area contributed by atoms with Gasteiger partial charge in [-0.3, -0.25) is 0 Å². The van der Waals surface area contributed by atoms with Crippen LogP contribution in [0.15, 0.2) is 115 Å². The molecule has 0 radical (unpaired) electrons. The van der Waals surface area contributed by atoms with Crippen LogP contribution < -0.4 is 4.74 Å². The highest BCUT2D eigenvalue weighted by Crippen LogP contribution is 2.42. The molecule has 0 spiro atoms. The molecule has 6 rings (SSSR count). The number of ether oxygens (including phenoxy) is 1. The van der Waals surface area contributed by atoms with Crippen LogP contribution in [0.3, 0.4) is 0 Å². The lowest BCUT2D eigenvalue weighted by molar-refractivity contribution is 0.415. The molecule has 0 fully saturated rings. The molecule has 0 aromatic heterocycles. The average molecular weight is 1260 g/mol. The van der Waals surface area contributed by atoms with Crippen molar-refractivity contribution in [1.82, 2.24) is 0 Å². The van der Waals surface area contributed by atoms with Gasteiger partial charge in [0, 0.05) is 45.7 Å². The normalized spacial score (nSPS) is 10.3. The highest BCUT2D eigenvalue weighted by Gasteiger charge is 2.22. The van der Waals surface area contributed by atoms with E-state index in [1.807, 2.05) is 25.1 Å². The number of alkyl halides is 2. The Balaban J connectivity index is 0.000000258. The third-order valence-corrected chi connectivity index (χ3v) is 9.55. The van der Waals surface area contributed by atoms with Gasteiger partial charge in [0.15, 0.2) is 0 Å². The van der Waals surface area contributed by atoms with E-state index in [4.69, 9.17) is 27.9 Å². The molecule has 0 bridgehead atoms. The van der Waals surface area contributed by atoms with Gasteiger partial charge in [-0.15, -0.1) is 70.5 Å². The number of methoxy groups -OCH3 is 1. The Labute approximate surface area is 390 Å². The summed E-state index contributed by atoms with van der Waals surface area (Å²) in [5.74, 6) is -2.89. The SMILES string of the molecule is BrB(Br)Br.COc1ccc(Br)cc1-c1c(F)ccc(-c2cc(Br)ccc2C)c1F.ClCCl.Oc1ccc(Br)cc1-c1ccc(F)c(-c2cc(Br)ccc2O)c1F. The molecular formula is C39H26BBr7Cl2F4O3. The van der Waals surface area contributed by atoms with E-state index < -0.39 is 23.3 Å². The maximum absolute atomic E-state index is 15.3. The van der Waals surface area contributed by atoms with E-state index in [1.165, 1.54) is 49.6 Å². The first kappa shape index (κ1) is 48.8. The van der Waals surface area contributed by atoms with Gasteiger partial charge in [0.05, 0.1) is 23.6 Å². The van der Waals surface area contributed by atoms with Crippen LogP contribution in [0.2, 0.25) is 0 Å². The van der Waals surface area contributed by atoms with Crippen LogP contribution >= 0.6 is 134 Å². The Morgan fingerprint density at radius 3 is 1.38 bits per heavy atom. The van der Waals surface area contributed by atoms with Gasteiger partial charge in [-0.25, -0.2) is 17.6 Å². The molecule has 294 valence electrons. The molecule has 56 heavy (non-hydrogen) atoms. The summed E-state index contributed by atoms with van der Waals surface area (Å²) in [6, 6.07) is 24.7. The van der Waals surface area contributed by atoms with Crippen molar-refractivity contribution in [2.45, 2.75) is 6.92 Å². The number of rotatable bonds is 5. The lowest BCUT2D eigenvalue weighted by Gasteiger charge is -2.15. The minimum absolute atomic E-state index is 0.0238. The quantitative estimate of drug-likeness (QED) is 0.103. The molecule has 17 heteroatoms. The highest BCUT2D eigenvalue weighted by atomic mass is 79.9. The third kappa shape index (κ3) is 13.2. The number of phenols is 2. The van der Waals surface area contributed by atoms with Crippen LogP contribution in [0.25, 0.3) is 44.5 Å². The van der Waals surface area contributed by atoms with Crippen LogP contribution in [0.5, 0.6) is 17.2 Å². The number of benzene rings is 6. The fourth-order valence-electron chi connectivity index (χ4n) is 5.21. The van der Waals surface area contributed by atoms with Crippen molar-refractivity contribution in [3.05, 3.63) is 144 Å². The Hall–Kier alpha value is -1.56. The first-order valence-electron chi connectivity index (χ1n) is 15.5. The molecule has 0 aliphatic heterocycles. The van der Waals surface area contributed by atoms with E-state index in [0.29, 0.717) is 35.9 Å². The smallest absolute Gasteiger partial charge is 0.369 e. The van der Waals surface area contributed by atoms with E-state index in [-0.39, 0.29) is 47.8 Å². The van der Waals surface area contributed by atoms with Gasteiger partial charge in [-0.1, -0.05) is 69.8 Å². The van der Waals surface area contributed by atoms with E-state index >= 15 is 8.78 Å². The summed E-state index contributed by atoms with van der Waals surface area (Å²) in [5, 5.41) is 20.2. The summed E-state index contributed by atoms with van der Waals surface area (Å²) >= 11 is 32.1. The van der Waals surface area contributed by atoms with Crippen molar-refractivity contribution in [2.24, 2.45) is 0 Å². The molecule has 0 aliphatic rings. The third-order valence-electron chi connectivity index (χ3n) is 7.58. The fraction of sp³-hybridized carbons (Fsp3) is 0.0769. The van der Waals surface area contributed by atoms with Crippen molar-refractivity contribution in [3.63, 3.8) is 0 Å². The zero-order chi connectivity index (χ0) is 41.9. The fourth-order valence-corrected chi connectivity index (χ4v) is 6.65. The van der Waals surface area contributed by atoms with Crippen molar-refractivity contribution in [1.29, 1.82) is 0 Å². The zero-order valence-corrected chi connectivity index (χ0v) is 41.4. The largest absolute Gasteiger partial charge is 0.507 e. The lowest BCUT2D eigenvalue weighted by atomic mass is 9.94. The molecule has 6 aromatic carbocycles. The monoisotopic (exact) mass is 1250 g/mol. The average Bonchev–Trinajstić information content (AvgIpc) is 3.13. The van der Waals surface area contributed by atoms with Crippen LogP contribution in [-0.4, -0.2) is 25.8 Å².